The summed E-state index contributed by atoms with van der Waals surface area (Å²) in [6, 6.07) is 5.40. The summed E-state index contributed by atoms with van der Waals surface area (Å²) in [5.41, 5.74) is 0.202. The monoisotopic (exact) mass is 336 g/mol. The predicted octanol–water partition coefficient (Wildman–Crippen LogP) is 2.57. The zero-order valence-corrected chi connectivity index (χ0v) is 15.1. The van der Waals surface area contributed by atoms with Gasteiger partial charge in [-0.3, -0.25) is 0 Å². The van der Waals surface area contributed by atoms with Gasteiger partial charge in [0.1, 0.15) is 0 Å². The molecule has 0 saturated carbocycles. The summed E-state index contributed by atoms with van der Waals surface area (Å²) in [6.45, 7) is 9.14. The normalized spacial score (nSPS) is 16.3. The number of benzene rings is 1. The second-order valence-electron chi connectivity index (χ2n) is 6.77. The van der Waals surface area contributed by atoms with Gasteiger partial charge in [-0.2, -0.15) is 0 Å². The van der Waals surface area contributed by atoms with Crippen molar-refractivity contribution < 1.29 is 19.4 Å². The molecular weight excluding hydrogens is 308 g/mol. The largest absolute Gasteiger partial charge is 0.493 e. The molecule has 1 aliphatic rings. The Bertz CT molecular complexity index is 577. The van der Waals surface area contributed by atoms with E-state index in [0.29, 0.717) is 31.2 Å². The molecule has 2 N–H and O–H groups in total. The maximum absolute atomic E-state index is 12.3. The third-order valence-corrected chi connectivity index (χ3v) is 4.50. The van der Waals surface area contributed by atoms with Gasteiger partial charge in [0, 0.05) is 19.0 Å². The standard InChI is InChI=1S/C18H28N2O4/c1-6-24-15-8-7-13(9-16(15)23-5)12(2)19-17(21)20-10-14(11-20)18(3,4)22/h7-9,12,14,22H,6,10-11H2,1-5H3,(H,19,21). The lowest BCUT2D eigenvalue weighted by Crippen LogP contribution is -2.60. The van der Waals surface area contributed by atoms with E-state index in [2.05, 4.69) is 5.32 Å². The molecule has 6 heteroatoms. The fourth-order valence-corrected chi connectivity index (χ4v) is 2.68. The number of ether oxygens (including phenoxy) is 2. The molecule has 134 valence electrons. The third kappa shape index (κ3) is 4.12. The number of urea groups is 1. The van der Waals surface area contributed by atoms with Gasteiger partial charge in [0.15, 0.2) is 11.5 Å². The topological polar surface area (TPSA) is 71.0 Å². The van der Waals surface area contributed by atoms with Crippen LogP contribution in [0.2, 0.25) is 0 Å². The highest BCUT2D eigenvalue weighted by Gasteiger charge is 2.39. The van der Waals surface area contributed by atoms with Gasteiger partial charge in [-0.15, -0.1) is 0 Å². The number of nitrogens with one attached hydrogen (secondary N) is 1. The Morgan fingerprint density at radius 3 is 2.62 bits per heavy atom. The zero-order chi connectivity index (χ0) is 17.9. The number of carbonyl (C=O) groups is 1. The van der Waals surface area contributed by atoms with Crippen LogP contribution in [-0.2, 0) is 0 Å². The summed E-state index contributed by atoms with van der Waals surface area (Å²) >= 11 is 0. The number of aliphatic hydroxyl groups is 1. The maximum Gasteiger partial charge on any atom is 0.317 e. The minimum absolute atomic E-state index is 0.115. The van der Waals surface area contributed by atoms with E-state index in [9.17, 15) is 9.90 Å². The lowest BCUT2D eigenvalue weighted by Gasteiger charge is -2.45. The number of hydrogen-bond acceptors (Lipinski definition) is 4. The molecule has 1 aromatic rings. The van der Waals surface area contributed by atoms with Crippen molar-refractivity contribution in [1.82, 2.24) is 10.2 Å². The van der Waals surface area contributed by atoms with Crippen molar-refractivity contribution in [3.05, 3.63) is 23.8 Å². The summed E-state index contributed by atoms with van der Waals surface area (Å²) in [4.78, 5) is 14.0. The summed E-state index contributed by atoms with van der Waals surface area (Å²) in [6.07, 6.45) is 0. The van der Waals surface area contributed by atoms with Crippen molar-refractivity contribution in [2.24, 2.45) is 5.92 Å². The predicted molar refractivity (Wildman–Crippen MR) is 92.5 cm³/mol. The van der Waals surface area contributed by atoms with E-state index in [-0.39, 0.29) is 18.0 Å². The van der Waals surface area contributed by atoms with Crippen LogP contribution in [0, 0.1) is 5.92 Å². The van der Waals surface area contributed by atoms with Gasteiger partial charge in [-0.1, -0.05) is 6.07 Å². The van der Waals surface area contributed by atoms with Crippen molar-refractivity contribution in [1.29, 1.82) is 0 Å². The average Bonchev–Trinajstić information content (AvgIpc) is 2.44. The van der Waals surface area contributed by atoms with Crippen LogP contribution in [0.25, 0.3) is 0 Å². The Hall–Kier alpha value is -1.95. The van der Waals surface area contributed by atoms with Gasteiger partial charge >= 0.3 is 6.03 Å². The molecule has 1 saturated heterocycles. The summed E-state index contributed by atoms with van der Waals surface area (Å²) in [5, 5.41) is 12.9. The molecule has 1 atom stereocenters. The number of hydrogen-bond donors (Lipinski definition) is 2. The van der Waals surface area contributed by atoms with E-state index < -0.39 is 5.60 Å². The molecule has 2 amide bonds. The molecule has 1 fully saturated rings. The van der Waals surface area contributed by atoms with E-state index >= 15 is 0 Å². The highest BCUT2D eigenvalue weighted by Crippen LogP contribution is 2.31. The van der Waals surface area contributed by atoms with Crippen LogP contribution in [0.15, 0.2) is 18.2 Å². The molecule has 1 unspecified atom stereocenters. The highest BCUT2D eigenvalue weighted by atomic mass is 16.5. The molecule has 0 aromatic heterocycles. The van der Waals surface area contributed by atoms with Gasteiger partial charge < -0.3 is 24.8 Å². The highest BCUT2D eigenvalue weighted by molar-refractivity contribution is 5.75. The van der Waals surface area contributed by atoms with Crippen LogP contribution in [0.1, 0.15) is 39.3 Å². The summed E-state index contributed by atoms with van der Waals surface area (Å²) < 4.78 is 10.9. The first kappa shape index (κ1) is 18.4. The third-order valence-electron chi connectivity index (χ3n) is 4.50. The van der Waals surface area contributed by atoms with Gasteiger partial charge in [-0.25, -0.2) is 4.79 Å². The second kappa shape index (κ2) is 7.30. The fourth-order valence-electron chi connectivity index (χ4n) is 2.68. The van der Waals surface area contributed by atoms with Gasteiger partial charge in [-0.05, 0) is 45.4 Å². The second-order valence-corrected chi connectivity index (χ2v) is 6.77. The van der Waals surface area contributed by atoms with Crippen molar-refractivity contribution in [2.75, 3.05) is 26.8 Å². The van der Waals surface area contributed by atoms with Crippen LogP contribution in [-0.4, -0.2) is 48.4 Å². The lowest BCUT2D eigenvalue weighted by atomic mass is 9.85. The minimum atomic E-state index is -0.745. The molecule has 1 heterocycles. The number of nitrogens with zero attached hydrogens (tertiary/aromatic N) is 1. The van der Waals surface area contributed by atoms with Gasteiger partial charge in [0.05, 0.1) is 25.4 Å². The average molecular weight is 336 g/mol. The molecule has 0 radical (unpaired) electrons. The molecular formula is C18H28N2O4. The Morgan fingerprint density at radius 1 is 1.42 bits per heavy atom. The van der Waals surface area contributed by atoms with Crippen molar-refractivity contribution in [2.45, 2.75) is 39.3 Å². The molecule has 6 nitrogen and oxygen atoms in total. The Labute approximate surface area is 143 Å². The summed E-state index contributed by atoms with van der Waals surface area (Å²) in [5.74, 6) is 1.48. The van der Waals surface area contributed by atoms with Crippen LogP contribution < -0.4 is 14.8 Å². The molecule has 0 aliphatic carbocycles. The molecule has 0 spiro atoms. The number of likely N-dealkylation sites (tertiary alicyclic amines) is 1. The van der Waals surface area contributed by atoms with E-state index in [0.717, 1.165) is 5.56 Å². The lowest BCUT2D eigenvalue weighted by molar-refractivity contribution is -0.0459. The van der Waals surface area contributed by atoms with Crippen molar-refractivity contribution in [3.8, 4) is 11.5 Å². The van der Waals surface area contributed by atoms with E-state index in [1.807, 2.05) is 32.0 Å². The van der Waals surface area contributed by atoms with Gasteiger partial charge in [0.2, 0.25) is 0 Å². The van der Waals surface area contributed by atoms with Crippen molar-refractivity contribution in [3.63, 3.8) is 0 Å². The Balaban J connectivity index is 1.95. The van der Waals surface area contributed by atoms with E-state index in [4.69, 9.17) is 9.47 Å². The number of methoxy groups -OCH3 is 1. The zero-order valence-electron chi connectivity index (χ0n) is 15.1. The Morgan fingerprint density at radius 2 is 2.08 bits per heavy atom. The SMILES string of the molecule is CCOc1ccc(C(C)NC(=O)N2CC(C(C)(C)O)C2)cc1OC. The summed E-state index contributed by atoms with van der Waals surface area (Å²) in [7, 11) is 1.60. The number of carbonyl (C=O) groups excluding carboxylic acids is 1. The molecule has 24 heavy (non-hydrogen) atoms. The molecule has 2 rings (SSSR count). The van der Waals surface area contributed by atoms with E-state index in [1.165, 1.54) is 0 Å². The van der Waals surface area contributed by atoms with Crippen LogP contribution in [0.3, 0.4) is 0 Å². The van der Waals surface area contributed by atoms with E-state index in [1.54, 1.807) is 25.9 Å². The van der Waals surface area contributed by atoms with Crippen LogP contribution in [0.5, 0.6) is 11.5 Å². The molecule has 0 bridgehead atoms. The first-order valence-electron chi connectivity index (χ1n) is 8.34. The fraction of sp³-hybridized carbons (Fsp3) is 0.611. The maximum atomic E-state index is 12.3. The Kier molecular flexibility index (Phi) is 5.59. The number of amides is 2. The van der Waals surface area contributed by atoms with Crippen LogP contribution >= 0.6 is 0 Å². The minimum Gasteiger partial charge on any atom is -0.493 e. The smallest absolute Gasteiger partial charge is 0.317 e. The molecule has 1 aromatic carbocycles. The number of rotatable bonds is 6. The van der Waals surface area contributed by atoms with Gasteiger partial charge in [0.25, 0.3) is 0 Å². The van der Waals surface area contributed by atoms with Crippen molar-refractivity contribution >= 4 is 6.03 Å². The van der Waals surface area contributed by atoms with Crippen LogP contribution in [0.4, 0.5) is 4.79 Å². The quantitative estimate of drug-likeness (QED) is 0.837. The first-order valence-corrected chi connectivity index (χ1v) is 8.34. The molecule has 1 aliphatic heterocycles. The first-order chi connectivity index (χ1) is 11.3.